The molecule has 92 valence electrons. The van der Waals surface area contributed by atoms with E-state index in [2.05, 4.69) is 20.3 Å². The van der Waals surface area contributed by atoms with E-state index in [1.165, 1.54) is 0 Å². The summed E-state index contributed by atoms with van der Waals surface area (Å²) in [5, 5.41) is 14.9. The summed E-state index contributed by atoms with van der Waals surface area (Å²) >= 11 is 0. The van der Waals surface area contributed by atoms with E-state index in [0.29, 0.717) is 12.0 Å². The number of aryl methyl sites for hydroxylation is 2. The molecule has 2 aromatic rings. The molecule has 17 heavy (non-hydrogen) atoms. The van der Waals surface area contributed by atoms with Gasteiger partial charge in [0.1, 0.15) is 0 Å². The Morgan fingerprint density at radius 3 is 2.76 bits per heavy atom. The molecule has 0 spiro atoms. The topological polar surface area (TPSA) is 120 Å². The van der Waals surface area contributed by atoms with Crippen molar-refractivity contribution < 1.29 is 8.42 Å². The van der Waals surface area contributed by atoms with Crippen LogP contribution in [0.5, 0.6) is 0 Å². The molecule has 0 aliphatic rings. The first-order valence-electron chi connectivity index (χ1n) is 4.90. The van der Waals surface area contributed by atoms with Crippen LogP contribution in [0.4, 0.5) is 0 Å². The van der Waals surface area contributed by atoms with Crippen LogP contribution < -0.4 is 5.14 Å². The van der Waals surface area contributed by atoms with Crippen molar-refractivity contribution in [3.8, 4) is 11.4 Å². The number of rotatable bonds is 3. The molecule has 0 radical (unpaired) electrons. The third kappa shape index (κ3) is 2.19. The van der Waals surface area contributed by atoms with Gasteiger partial charge in [0.15, 0.2) is 5.82 Å². The highest BCUT2D eigenvalue weighted by Gasteiger charge is 2.18. The van der Waals surface area contributed by atoms with E-state index >= 15 is 0 Å². The highest BCUT2D eigenvalue weighted by molar-refractivity contribution is 7.89. The molecule has 0 aliphatic carbocycles. The zero-order chi connectivity index (χ0) is 12.6. The number of aromatic amines is 1. The van der Waals surface area contributed by atoms with Crippen LogP contribution >= 0.6 is 0 Å². The molecular weight excluding hydrogens is 244 g/mol. The molecule has 8 nitrogen and oxygen atoms in total. The van der Waals surface area contributed by atoms with Crippen LogP contribution in [-0.2, 0) is 23.5 Å². The van der Waals surface area contributed by atoms with Crippen molar-refractivity contribution in [1.82, 2.24) is 25.0 Å². The van der Waals surface area contributed by atoms with E-state index in [0.717, 1.165) is 5.69 Å². The average molecular weight is 256 g/mol. The molecule has 2 heterocycles. The van der Waals surface area contributed by atoms with Crippen molar-refractivity contribution in [3.05, 3.63) is 11.9 Å². The maximum atomic E-state index is 11.1. The number of sulfonamides is 1. The summed E-state index contributed by atoms with van der Waals surface area (Å²) in [5.74, 6) is 0.277. The predicted molar refractivity (Wildman–Crippen MR) is 59.3 cm³/mol. The SMILES string of the molecule is CCc1nn(C)cc1-c1n[nH]c(S(N)(=O)=O)n1. The molecular formula is C8H12N6O2S. The molecule has 0 aromatic carbocycles. The fraction of sp³-hybridized carbons (Fsp3) is 0.375. The Labute approximate surface area is 97.9 Å². The predicted octanol–water partition coefficient (Wildman–Crippen LogP) is -0.585. The third-order valence-corrected chi connectivity index (χ3v) is 2.94. The van der Waals surface area contributed by atoms with E-state index in [1.807, 2.05) is 6.92 Å². The highest BCUT2D eigenvalue weighted by Crippen LogP contribution is 2.19. The molecule has 0 fully saturated rings. The van der Waals surface area contributed by atoms with Gasteiger partial charge >= 0.3 is 0 Å². The quantitative estimate of drug-likeness (QED) is 0.761. The van der Waals surface area contributed by atoms with E-state index in [1.54, 1.807) is 17.9 Å². The normalized spacial score (nSPS) is 11.9. The van der Waals surface area contributed by atoms with Crippen molar-refractivity contribution in [2.75, 3.05) is 0 Å². The lowest BCUT2D eigenvalue weighted by molar-refractivity contribution is 0.589. The van der Waals surface area contributed by atoms with E-state index < -0.39 is 10.0 Å². The summed E-state index contributed by atoms with van der Waals surface area (Å²) in [7, 11) is -2.09. The highest BCUT2D eigenvalue weighted by atomic mass is 32.2. The maximum absolute atomic E-state index is 11.1. The van der Waals surface area contributed by atoms with Crippen LogP contribution in [0.2, 0.25) is 0 Å². The molecule has 9 heteroatoms. The number of nitrogens with one attached hydrogen (secondary N) is 1. The zero-order valence-corrected chi connectivity index (χ0v) is 10.2. The van der Waals surface area contributed by atoms with Crippen LogP contribution in [0.1, 0.15) is 12.6 Å². The van der Waals surface area contributed by atoms with Crippen molar-refractivity contribution in [3.63, 3.8) is 0 Å². The Bertz CT molecular complexity index is 641. The summed E-state index contributed by atoms with van der Waals surface area (Å²) in [6, 6.07) is 0. The molecule has 3 N–H and O–H groups in total. The van der Waals surface area contributed by atoms with Crippen molar-refractivity contribution in [2.45, 2.75) is 18.5 Å². The Morgan fingerprint density at radius 2 is 2.24 bits per heavy atom. The van der Waals surface area contributed by atoms with Gasteiger partial charge in [-0.3, -0.25) is 4.68 Å². The summed E-state index contributed by atoms with van der Waals surface area (Å²) in [5.41, 5.74) is 1.49. The lowest BCUT2D eigenvalue weighted by Gasteiger charge is -1.91. The van der Waals surface area contributed by atoms with Gasteiger partial charge < -0.3 is 0 Å². The van der Waals surface area contributed by atoms with E-state index in [4.69, 9.17) is 5.14 Å². The van der Waals surface area contributed by atoms with Gasteiger partial charge in [-0.15, -0.1) is 0 Å². The van der Waals surface area contributed by atoms with Gasteiger partial charge in [0.25, 0.3) is 15.2 Å². The van der Waals surface area contributed by atoms with Gasteiger partial charge in [0.05, 0.1) is 11.3 Å². The fourth-order valence-corrected chi connectivity index (χ4v) is 1.86. The molecule has 0 bridgehead atoms. The Morgan fingerprint density at radius 1 is 1.53 bits per heavy atom. The molecule has 0 saturated heterocycles. The molecule has 0 aliphatic heterocycles. The second-order valence-corrected chi connectivity index (χ2v) is 5.00. The van der Waals surface area contributed by atoms with E-state index in [9.17, 15) is 8.42 Å². The van der Waals surface area contributed by atoms with Gasteiger partial charge in [-0.2, -0.15) is 15.2 Å². The third-order valence-electron chi connectivity index (χ3n) is 2.22. The molecule has 0 amide bonds. The average Bonchev–Trinajstić information content (AvgIpc) is 2.81. The summed E-state index contributed by atoms with van der Waals surface area (Å²) in [4.78, 5) is 3.84. The van der Waals surface area contributed by atoms with Gasteiger partial charge in [0.2, 0.25) is 0 Å². The molecule has 0 atom stereocenters. The van der Waals surface area contributed by atoms with Gasteiger partial charge in [-0.05, 0) is 6.42 Å². The lowest BCUT2D eigenvalue weighted by Crippen LogP contribution is -2.13. The van der Waals surface area contributed by atoms with Crippen LogP contribution in [0.25, 0.3) is 11.4 Å². The summed E-state index contributed by atoms with van der Waals surface area (Å²) < 4.78 is 23.7. The minimum absolute atomic E-state index is 0.277. The Hall–Kier alpha value is -1.74. The van der Waals surface area contributed by atoms with Gasteiger partial charge in [-0.1, -0.05) is 6.92 Å². The van der Waals surface area contributed by atoms with Crippen LogP contribution in [0.3, 0.4) is 0 Å². The Balaban J connectivity index is 2.50. The number of hydrogen-bond donors (Lipinski definition) is 2. The largest absolute Gasteiger partial charge is 0.275 e. The number of H-pyrrole nitrogens is 1. The van der Waals surface area contributed by atoms with Crippen molar-refractivity contribution in [2.24, 2.45) is 12.2 Å². The number of hydrogen-bond acceptors (Lipinski definition) is 5. The second-order valence-electron chi connectivity index (χ2n) is 3.53. The molecule has 0 saturated carbocycles. The number of primary sulfonamides is 1. The minimum atomic E-state index is -3.86. The van der Waals surface area contributed by atoms with Gasteiger partial charge in [-0.25, -0.2) is 18.7 Å². The van der Waals surface area contributed by atoms with E-state index in [-0.39, 0.29) is 11.0 Å². The standard InChI is InChI=1S/C8H12N6O2S/c1-3-6-5(4-14(2)13-6)7-10-8(12-11-7)17(9,15)16/h4H,3H2,1-2H3,(H2,9,15,16)(H,10,11,12). The van der Waals surface area contributed by atoms with Crippen LogP contribution in [0, 0.1) is 0 Å². The van der Waals surface area contributed by atoms with Gasteiger partial charge in [0, 0.05) is 13.2 Å². The molecule has 0 unspecified atom stereocenters. The van der Waals surface area contributed by atoms with Crippen molar-refractivity contribution >= 4 is 10.0 Å². The number of aromatic nitrogens is 5. The van der Waals surface area contributed by atoms with Crippen LogP contribution in [0.15, 0.2) is 11.4 Å². The first-order chi connectivity index (χ1) is 7.91. The molecule has 2 aromatic heterocycles. The van der Waals surface area contributed by atoms with Crippen LogP contribution in [-0.4, -0.2) is 33.4 Å². The number of nitrogens with two attached hydrogens (primary N) is 1. The second kappa shape index (κ2) is 3.93. The zero-order valence-electron chi connectivity index (χ0n) is 9.38. The van der Waals surface area contributed by atoms with Crippen molar-refractivity contribution in [1.29, 1.82) is 0 Å². The Kier molecular flexibility index (Phi) is 2.71. The minimum Gasteiger partial charge on any atom is -0.275 e. The monoisotopic (exact) mass is 256 g/mol. The first kappa shape index (κ1) is 11.7. The lowest BCUT2D eigenvalue weighted by atomic mass is 10.2. The first-order valence-corrected chi connectivity index (χ1v) is 6.44. The fourth-order valence-electron chi connectivity index (χ4n) is 1.48. The smallest absolute Gasteiger partial charge is 0.273 e. The summed E-state index contributed by atoms with van der Waals surface area (Å²) in [6.07, 6.45) is 2.43. The summed E-state index contributed by atoms with van der Waals surface area (Å²) in [6.45, 7) is 1.94. The number of nitrogens with zero attached hydrogens (tertiary/aromatic N) is 4. The molecule has 2 rings (SSSR count). The maximum Gasteiger partial charge on any atom is 0.273 e.